The van der Waals surface area contributed by atoms with Crippen molar-refractivity contribution in [1.82, 2.24) is 19.5 Å². The molecule has 8 nitrogen and oxygen atoms in total. The lowest BCUT2D eigenvalue weighted by molar-refractivity contribution is -0.0422. The van der Waals surface area contributed by atoms with Crippen molar-refractivity contribution >= 4 is 40.2 Å². The number of aliphatic hydroxyl groups excluding tert-OH is 2. The number of rotatable bonds is 2. The monoisotopic (exact) mass is 331 g/mol. The Kier molecular flexibility index (Phi) is 3.72. The molecule has 3 heterocycles. The fourth-order valence-corrected chi connectivity index (χ4v) is 2.67. The average Bonchev–Trinajstić information content (AvgIpc) is 3.00. The normalized spacial score (nSPS) is 25.7. The van der Waals surface area contributed by atoms with Gasteiger partial charge in [-0.3, -0.25) is 4.57 Å². The summed E-state index contributed by atoms with van der Waals surface area (Å²) in [5.74, 6) is 0.221. The van der Waals surface area contributed by atoms with Gasteiger partial charge in [-0.25, -0.2) is 15.0 Å². The van der Waals surface area contributed by atoms with Gasteiger partial charge in [-0.2, -0.15) is 0 Å². The van der Waals surface area contributed by atoms with E-state index >= 15 is 0 Å². The van der Waals surface area contributed by atoms with Crippen LogP contribution < -0.4 is 5.73 Å². The second-order valence-corrected chi connectivity index (χ2v) is 5.40. The third kappa shape index (κ3) is 2.25. The van der Waals surface area contributed by atoms with Crippen molar-refractivity contribution in [2.45, 2.75) is 18.4 Å². The SMILES string of the molecule is Nc1ncnc2c1ncn2[C@@H]1O[C@H](CO)C(O)C1=C(Cl)Cl. The smallest absolute Gasteiger partial charge is 0.167 e. The van der Waals surface area contributed by atoms with E-state index < -0.39 is 18.4 Å². The number of hydrogen-bond acceptors (Lipinski definition) is 7. The van der Waals surface area contributed by atoms with Crippen LogP contribution in [-0.2, 0) is 4.74 Å². The Labute approximate surface area is 128 Å². The maximum absolute atomic E-state index is 10.1. The molecule has 3 atom stereocenters. The van der Waals surface area contributed by atoms with Gasteiger partial charge in [0.2, 0.25) is 0 Å². The lowest BCUT2D eigenvalue weighted by Gasteiger charge is -2.14. The highest BCUT2D eigenvalue weighted by molar-refractivity contribution is 6.56. The average molecular weight is 332 g/mol. The van der Waals surface area contributed by atoms with Crippen LogP contribution >= 0.6 is 23.2 Å². The van der Waals surface area contributed by atoms with Crippen LogP contribution in [0.1, 0.15) is 6.23 Å². The molecule has 1 aliphatic rings. The Hall–Kier alpha value is -1.45. The first-order valence-electron chi connectivity index (χ1n) is 5.97. The quantitative estimate of drug-likeness (QED) is 0.726. The predicted octanol–water partition coefficient (Wildman–Crippen LogP) is 0.348. The first kappa shape index (κ1) is 14.5. The molecule has 0 amide bonds. The number of nitrogens with zero attached hydrogens (tertiary/aromatic N) is 4. The molecule has 0 aromatic carbocycles. The fourth-order valence-electron chi connectivity index (χ4n) is 2.26. The summed E-state index contributed by atoms with van der Waals surface area (Å²) in [6.07, 6.45) is -0.0720. The van der Waals surface area contributed by atoms with Gasteiger partial charge in [0.25, 0.3) is 0 Å². The maximum atomic E-state index is 10.1. The van der Waals surface area contributed by atoms with Gasteiger partial charge in [-0.1, -0.05) is 23.2 Å². The highest BCUT2D eigenvalue weighted by atomic mass is 35.5. The van der Waals surface area contributed by atoms with Gasteiger partial charge in [0.05, 0.1) is 12.9 Å². The lowest BCUT2D eigenvalue weighted by Crippen LogP contribution is -2.25. The molecular formula is C11H11Cl2N5O3. The molecule has 112 valence electrons. The molecule has 2 aromatic rings. The fraction of sp³-hybridized carbons (Fsp3) is 0.364. The third-order valence-electron chi connectivity index (χ3n) is 3.28. The van der Waals surface area contributed by atoms with Crippen molar-refractivity contribution in [2.75, 3.05) is 12.3 Å². The Morgan fingerprint density at radius 1 is 1.38 bits per heavy atom. The Bertz CT molecular complexity index is 715. The van der Waals surface area contributed by atoms with Gasteiger partial charge >= 0.3 is 0 Å². The summed E-state index contributed by atoms with van der Waals surface area (Å²) in [5, 5.41) is 19.4. The number of aliphatic hydroxyl groups is 2. The molecule has 0 saturated carbocycles. The van der Waals surface area contributed by atoms with Crippen LogP contribution in [0.4, 0.5) is 5.82 Å². The van der Waals surface area contributed by atoms with E-state index in [0.717, 1.165) is 0 Å². The predicted molar refractivity (Wildman–Crippen MR) is 75.5 cm³/mol. The van der Waals surface area contributed by atoms with Gasteiger partial charge in [-0.15, -0.1) is 0 Å². The molecule has 0 spiro atoms. The van der Waals surface area contributed by atoms with Crippen molar-refractivity contribution in [3.8, 4) is 0 Å². The summed E-state index contributed by atoms with van der Waals surface area (Å²) in [6, 6.07) is 0. The maximum Gasteiger partial charge on any atom is 0.167 e. The van der Waals surface area contributed by atoms with E-state index in [1.165, 1.54) is 17.2 Å². The highest BCUT2D eigenvalue weighted by Gasteiger charge is 2.42. The standard InChI is InChI=1S/C11H11Cl2N5O3/c12-8(13)5-7(20)4(1-19)21-11(5)18-3-17-6-9(14)15-2-16-10(6)18/h2-4,7,11,19-20H,1H2,(H2,14,15,16)/t4-,7?,11-/m1/s1. The molecule has 3 rings (SSSR count). The number of ether oxygens (including phenoxy) is 1. The van der Waals surface area contributed by atoms with E-state index in [-0.39, 0.29) is 22.5 Å². The first-order valence-corrected chi connectivity index (χ1v) is 6.72. The number of aromatic nitrogens is 4. The van der Waals surface area contributed by atoms with Gasteiger partial charge in [-0.05, 0) is 0 Å². The number of imidazole rings is 1. The number of anilines is 1. The van der Waals surface area contributed by atoms with E-state index in [2.05, 4.69) is 15.0 Å². The molecule has 10 heteroatoms. The van der Waals surface area contributed by atoms with Crippen LogP contribution in [0, 0.1) is 0 Å². The summed E-state index contributed by atoms with van der Waals surface area (Å²) < 4.78 is 6.97. The molecule has 0 bridgehead atoms. The topological polar surface area (TPSA) is 119 Å². The summed E-state index contributed by atoms with van der Waals surface area (Å²) in [7, 11) is 0. The van der Waals surface area contributed by atoms with Crippen molar-refractivity contribution in [1.29, 1.82) is 0 Å². The number of halogens is 2. The number of hydrogen-bond donors (Lipinski definition) is 3. The van der Waals surface area contributed by atoms with E-state index in [1.54, 1.807) is 0 Å². The van der Waals surface area contributed by atoms with Gasteiger partial charge in [0.1, 0.15) is 28.5 Å². The van der Waals surface area contributed by atoms with Crippen LogP contribution in [0.25, 0.3) is 11.2 Å². The van der Waals surface area contributed by atoms with Gasteiger partial charge in [0, 0.05) is 5.57 Å². The molecule has 2 aromatic heterocycles. The number of nitrogens with two attached hydrogens (primary N) is 1. The molecule has 0 aliphatic carbocycles. The second-order valence-electron chi connectivity index (χ2n) is 4.45. The van der Waals surface area contributed by atoms with E-state index in [0.29, 0.717) is 11.2 Å². The summed E-state index contributed by atoms with van der Waals surface area (Å²) >= 11 is 11.7. The third-order valence-corrected chi connectivity index (χ3v) is 3.71. The zero-order valence-electron chi connectivity index (χ0n) is 10.5. The highest BCUT2D eigenvalue weighted by Crippen LogP contribution is 2.39. The zero-order valence-corrected chi connectivity index (χ0v) is 12.0. The van der Waals surface area contributed by atoms with Gasteiger partial charge in [0.15, 0.2) is 17.7 Å². The minimum atomic E-state index is -1.12. The molecule has 1 saturated heterocycles. The lowest BCUT2D eigenvalue weighted by atomic mass is 10.1. The molecule has 1 unspecified atom stereocenters. The van der Waals surface area contributed by atoms with Crippen molar-refractivity contribution in [3.05, 3.63) is 22.7 Å². The number of nitrogen functional groups attached to an aromatic ring is 1. The second kappa shape index (κ2) is 5.39. The summed E-state index contributed by atoms with van der Waals surface area (Å²) in [5.41, 5.74) is 6.76. The Morgan fingerprint density at radius 3 is 2.81 bits per heavy atom. The van der Waals surface area contributed by atoms with Crippen molar-refractivity contribution in [3.63, 3.8) is 0 Å². The van der Waals surface area contributed by atoms with Crippen molar-refractivity contribution < 1.29 is 14.9 Å². The molecule has 4 N–H and O–H groups in total. The first-order chi connectivity index (χ1) is 10.0. The van der Waals surface area contributed by atoms with E-state index in [1.807, 2.05) is 0 Å². The minimum absolute atomic E-state index is 0.132. The van der Waals surface area contributed by atoms with Crippen LogP contribution in [0.5, 0.6) is 0 Å². The van der Waals surface area contributed by atoms with Crippen LogP contribution in [0.2, 0.25) is 0 Å². The van der Waals surface area contributed by atoms with Crippen molar-refractivity contribution in [2.24, 2.45) is 0 Å². The van der Waals surface area contributed by atoms with E-state index in [4.69, 9.17) is 33.7 Å². The Balaban J connectivity index is 2.14. The van der Waals surface area contributed by atoms with Crippen LogP contribution in [0.15, 0.2) is 22.7 Å². The Morgan fingerprint density at radius 2 is 2.14 bits per heavy atom. The molecular weight excluding hydrogens is 321 g/mol. The molecule has 1 aliphatic heterocycles. The molecule has 21 heavy (non-hydrogen) atoms. The number of fused-ring (bicyclic) bond motifs is 1. The zero-order chi connectivity index (χ0) is 15.1. The minimum Gasteiger partial charge on any atom is -0.394 e. The van der Waals surface area contributed by atoms with Gasteiger partial charge < -0.3 is 20.7 Å². The molecule has 0 radical (unpaired) electrons. The van der Waals surface area contributed by atoms with Crippen LogP contribution in [0.3, 0.4) is 0 Å². The summed E-state index contributed by atoms with van der Waals surface area (Å²) in [4.78, 5) is 12.0. The molecule has 1 fully saturated rings. The summed E-state index contributed by atoms with van der Waals surface area (Å²) in [6.45, 7) is -0.383. The largest absolute Gasteiger partial charge is 0.394 e. The van der Waals surface area contributed by atoms with E-state index in [9.17, 15) is 10.2 Å². The van der Waals surface area contributed by atoms with Crippen LogP contribution in [-0.4, -0.2) is 48.5 Å².